The van der Waals surface area contributed by atoms with Gasteiger partial charge in [0.05, 0.1) is 0 Å². The molecule has 0 N–H and O–H groups in total. The maximum absolute atomic E-state index is 2.47. The van der Waals surface area contributed by atoms with Crippen molar-refractivity contribution in [3.63, 3.8) is 0 Å². The molecular formula is C10H16. The fraction of sp³-hybridized carbons (Fsp3) is 1.00. The van der Waals surface area contributed by atoms with Gasteiger partial charge in [-0.15, -0.1) is 0 Å². The van der Waals surface area contributed by atoms with Crippen molar-refractivity contribution in [2.24, 2.45) is 29.6 Å². The highest BCUT2D eigenvalue weighted by Crippen LogP contribution is 2.63. The summed E-state index contributed by atoms with van der Waals surface area (Å²) in [5, 5.41) is 0. The van der Waals surface area contributed by atoms with Gasteiger partial charge in [0, 0.05) is 0 Å². The first-order chi connectivity index (χ1) is 4.86. The molecule has 0 radical (unpaired) electrons. The number of rotatable bonds is 0. The molecule has 5 unspecified atom stereocenters. The summed E-state index contributed by atoms with van der Waals surface area (Å²) in [6, 6.07) is 0. The van der Waals surface area contributed by atoms with Gasteiger partial charge in [0.1, 0.15) is 0 Å². The van der Waals surface area contributed by atoms with E-state index >= 15 is 0 Å². The Morgan fingerprint density at radius 1 is 1.00 bits per heavy atom. The van der Waals surface area contributed by atoms with Crippen molar-refractivity contribution in [3.05, 3.63) is 0 Å². The topological polar surface area (TPSA) is 0 Å². The van der Waals surface area contributed by atoms with Crippen molar-refractivity contribution in [2.75, 3.05) is 0 Å². The minimum Gasteiger partial charge on any atom is -0.0622 e. The molecule has 0 spiro atoms. The Hall–Kier alpha value is 0. The van der Waals surface area contributed by atoms with Crippen molar-refractivity contribution in [3.8, 4) is 0 Å². The van der Waals surface area contributed by atoms with E-state index in [9.17, 15) is 0 Å². The summed E-state index contributed by atoms with van der Waals surface area (Å²) in [7, 11) is 0. The van der Waals surface area contributed by atoms with E-state index in [1.807, 2.05) is 0 Å². The first-order valence-electron chi connectivity index (χ1n) is 4.86. The molecule has 0 bridgehead atoms. The molecular weight excluding hydrogens is 120 g/mol. The molecule has 0 nitrogen and oxygen atoms in total. The van der Waals surface area contributed by atoms with Crippen LogP contribution in [0.4, 0.5) is 0 Å². The lowest BCUT2D eigenvalue weighted by molar-refractivity contribution is 0.0911. The molecule has 0 aliphatic heterocycles. The molecule has 5 atom stereocenters. The van der Waals surface area contributed by atoms with E-state index < -0.39 is 0 Å². The molecule has 10 heavy (non-hydrogen) atoms. The zero-order valence-electron chi connectivity index (χ0n) is 6.72. The van der Waals surface area contributed by atoms with Gasteiger partial charge in [0.15, 0.2) is 0 Å². The lowest BCUT2D eigenvalue weighted by atomic mass is 9.65. The second kappa shape index (κ2) is 1.60. The van der Waals surface area contributed by atoms with E-state index in [-0.39, 0.29) is 0 Å². The summed E-state index contributed by atoms with van der Waals surface area (Å²) in [4.78, 5) is 0. The van der Waals surface area contributed by atoms with Gasteiger partial charge in [0.2, 0.25) is 0 Å². The summed E-state index contributed by atoms with van der Waals surface area (Å²) < 4.78 is 0. The van der Waals surface area contributed by atoms with E-state index in [0.717, 1.165) is 5.92 Å². The Kier molecular flexibility index (Phi) is 0.898. The Labute approximate surface area is 63.0 Å². The molecule has 3 aliphatic rings. The van der Waals surface area contributed by atoms with Gasteiger partial charge in [-0.1, -0.05) is 6.92 Å². The van der Waals surface area contributed by atoms with Crippen molar-refractivity contribution in [2.45, 2.75) is 32.6 Å². The molecule has 0 aromatic heterocycles. The smallest absolute Gasteiger partial charge is 0.0326 e. The van der Waals surface area contributed by atoms with E-state index in [1.165, 1.54) is 23.7 Å². The van der Waals surface area contributed by atoms with E-state index in [2.05, 4.69) is 6.92 Å². The van der Waals surface area contributed by atoms with Crippen LogP contribution < -0.4 is 0 Å². The third-order valence-corrected chi connectivity index (χ3v) is 4.47. The molecule has 3 fully saturated rings. The van der Waals surface area contributed by atoms with Crippen LogP contribution in [-0.2, 0) is 0 Å². The lowest BCUT2D eigenvalue weighted by Gasteiger charge is -2.39. The van der Waals surface area contributed by atoms with Crippen LogP contribution in [0.15, 0.2) is 0 Å². The summed E-state index contributed by atoms with van der Waals surface area (Å²) in [6.45, 7) is 2.47. The zero-order chi connectivity index (χ0) is 6.72. The van der Waals surface area contributed by atoms with Crippen molar-refractivity contribution >= 4 is 0 Å². The maximum atomic E-state index is 2.47. The molecule has 0 heteroatoms. The van der Waals surface area contributed by atoms with Gasteiger partial charge in [0.25, 0.3) is 0 Å². The predicted molar refractivity (Wildman–Crippen MR) is 41.6 cm³/mol. The highest BCUT2D eigenvalue weighted by molar-refractivity contribution is 5.04. The van der Waals surface area contributed by atoms with E-state index in [0.29, 0.717) is 0 Å². The molecule has 3 rings (SSSR count). The molecule has 0 aromatic rings. The lowest BCUT2D eigenvalue weighted by Crippen LogP contribution is -2.33. The highest BCUT2D eigenvalue weighted by Gasteiger charge is 2.55. The summed E-state index contributed by atoms with van der Waals surface area (Å²) >= 11 is 0. The fourth-order valence-corrected chi connectivity index (χ4v) is 4.02. The third-order valence-electron chi connectivity index (χ3n) is 4.47. The molecule has 3 aliphatic carbocycles. The van der Waals surface area contributed by atoms with Crippen LogP contribution >= 0.6 is 0 Å². The van der Waals surface area contributed by atoms with Crippen molar-refractivity contribution in [1.29, 1.82) is 0 Å². The number of hydrogen-bond acceptors (Lipinski definition) is 0. The average Bonchev–Trinajstić information content (AvgIpc) is 2.14. The van der Waals surface area contributed by atoms with Crippen LogP contribution in [0.1, 0.15) is 32.6 Å². The van der Waals surface area contributed by atoms with Crippen molar-refractivity contribution in [1.82, 2.24) is 0 Å². The predicted octanol–water partition coefficient (Wildman–Crippen LogP) is 2.69. The summed E-state index contributed by atoms with van der Waals surface area (Å²) in [5.74, 6) is 5.86. The molecule has 0 heterocycles. The molecule has 0 saturated heterocycles. The average molecular weight is 136 g/mol. The summed E-state index contributed by atoms with van der Waals surface area (Å²) in [6.07, 6.45) is 6.34. The maximum Gasteiger partial charge on any atom is -0.0326 e. The van der Waals surface area contributed by atoms with Gasteiger partial charge >= 0.3 is 0 Å². The van der Waals surface area contributed by atoms with E-state index in [4.69, 9.17) is 0 Å². The second-order valence-corrected chi connectivity index (χ2v) is 4.79. The molecule has 3 saturated carbocycles. The van der Waals surface area contributed by atoms with Gasteiger partial charge < -0.3 is 0 Å². The Morgan fingerprint density at radius 2 is 1.70 bits per heavy atom. The first-order valence-corrected chi connectivity index (χ1v) is 4.86. The molecule has 0 amide bonds. The van der Waals surface area contributed by atoms with Crippen LogP contribution in [0, 0.1) is 29.6 Å². The monoisotopic (exact) mass is 136 g/mol. The highest BCUT2D eigenvalue weighted by atomic mass is 14.6. The number of hydrogen-bond donors (Lipinski definition) is 0. The third kappa shape index (κ3) is 0.466. The van der Waals surface area contributed by atoms with Crippen LogP contribution in [0.25, 0.3) is 0 Å². The van der Waals surface area contributed by atoms with E-state index in [1.54, 1.807) is 25.7 Å². The normalized spacial score (nSPS) is 63.9. The van der Waals surface area contributed by atoms with Crippen LogP contribution in [0.3, 0.4) is 0 Å². The zero-order valence-corrected chi connectivity index (χ0v) is 6.72. The molecule has 56 valence electrons. The Bertz CT molecular complexity index is 159. The van der Waals surface area contributed by atoms with Crippen LogP contribution in [0.5, 0.6) is 0 Å². The molecule has 0 aromatic carbocycles. The quantitative estimate of drug-likeness (QED) is 0.480. The SMILES string of the molecule is CC1CC2CCC3CC1C23. The Morgan fingerprint density at radius 3 is 2.40 bits per heavy atom. The minimum absolute atomic E-state index is 1.09. The standard InChI is InChI=1S/C10H16/c1-6-4-7-2-3-8-5-9(6)10(7)8/h6-10H,2-5H2,1H3. The van der Waals surface area contributed by atoms with Gasteiger partial charge in [-0.3, -0.25) is 0 Å². The first kappa shape index (κ1) is 5.62. The van der Waals surface area contributed by atoms with Crippen LogP contribution in [0.2, 0.25) is 0 Å². The van der Waals surface area contributed by atoms with Gasteiger partial charge in [-0.05, 0) is 55.3 Å². The van der Waals surface area contributed by atoms with Crippen molar-refractivity contribution < 1.29 is 0 Å². The minimum atomic E-state index is 1.09. The Balaban J connectivity index is 1.92. The second-order valence-electron chi connectivity index (χ2n) is 4.79. The van der Waals surface area contributed by atoms with Gasteiger partial charge in [-0.25, -0.2) is 0 Å². The summed E-state index contributed by atoms with van der Waals surface area (Å²) in [5.41, 5.74) is 0. The van der Waals surface area contributed by atoms with Crippen LogP contribution in [-0.4, -0.2) is 0 Å². The largest absolute Gasteiger partial charge is 0.0622 e. The fourth-order valence-electron chi connectivity index (χ4n) is 4.02. The van der Waals surface area contributed by atoms with Gasteiger partial charge in [-0.2, -0.15) is 0 Å².